The molecule has 0 unspecified atom stereocenters. The molecule has 0 N–H and O–H groups in total. The number of fused-ring (bicyclic) bond motifs is 10. The molecule has 5 aromatic carbocycles. The molecular weight excluding hydrogens is 573 g/mol. The molecule has 214 valence electrons. The number of thiophene rings is 1. The van der Waals surface area contributed by atoms with Gasteiger partial charge in [-0.2, -0.15) is 0 Å². The van der Waals surface area contributed by atoms with Gasteiger partial charge < -0.3 is 0 Å². The number of hydrogen-bond acceptors (Lipinski definition) is 3. The molecule has 0 atom stereocenters. The molecule has 0 amide bonds. The summed E-state index contributed by atoms with van der Waals surface area (Å²) in [5.74, 6) is 0.718. The van der Waals surface area contributed by atoms with Gasteiger partial charge in [0.05, 0.1) is 26.9 Å². The van der Waals surface area contributed by atoms with Crippen LogP contribution in [0.5, 0.6) is 0 Å². The molecule has 0 bridgehead atoms. The second-order valence-corrected chi connectivity index (χ2v) is 14.6. The molecule has 9 heteroatoms. The minimum absolute atomic E-state index is 0.0719. The Morgan fingerprint density at radius 2 is 1.26 bits per heavy atom. The second kappa shape index (κ2) is 9.53. The fourth-order valence-electron chi connectivity index (χ4n) is 8.19. The lowest BCUT2D eigenvalue weighted by molar-refractivity contribution is 0.667. The highest BCUT2D eigenvalue weighted by molar-refractivity contribution is 7.23. The number of hydrogen-bond donors (Lipinski definition) is 0. The number of benzene rings is 5. The minimum Gasteiger partial charge on any atom is -0.276 e. The highest BCUT2D eigenvalue weighted by Crippen LogP contribution is 2.56. The highest BCUT2D eigenvalue weighted by Gasteiger charge is 2.39. The number of aromatic nitrogens is 3. The van der Waals surface area contributed by atoms with E-state index in [2.05, 4.69) is 143 Å². The summed E-state index contributed by atoms with van der Waals surface area (Å²) in [5.41, 5.74) is 16.2. The fourth-order valence-corrected chi connectivity index (χ4v) is 9.73. The Labute approximate surface area is 277 Å². The molecule has 0 saturated heterocycles. The van der Waals surface area contributed by atoms with Crippen molar-refractivity contribution >= 4 is 121 Å². The van der Waals surface area contributed by atoms with Gasteiger partial charge in [0.1, 0.15) is 39.2 Å². The smallest absolute Gasteiger partial charge is 0.235 e. The van der Waals surface area contributed by atoms with E-state index < -0.39 is 0 Å². The molecular formula is C37H30B5N3S. The molecule has 0 saturated carbocycles. The molecule has 0 aliphatic heterocycles. The Bertz CT molecular complexity index is 2610. The van der Waals surface area contributed by atoms with E-state index in [1.807, 2.05) is 11.3 Å². The van der Waals surface area contributed by atoms with Crippen molar-refractivity contribution in [2.45, 2.75) is 19.3 Å². The first-order valence-corrected chi connectivity index (χ1v) is 16.9. The van der Waals surface area contributed by atoms with Crippen molar-refractivity contribution in [1.29, 1.82) is 0 Å². The normalized spacial score (nSPS) is 13.6. The Hall–Kier alpha value is -4.48. The van der Waals surface area contributed by atoms with E-state index >= 15 is 0 Å². The van der Waals surface area contributed by atoms with Crippen LogP contribution in [0.1, 0.15) is 25.0 Å². The second-order valence-electron chi connectivity index (χ2n) is 13.6. The van der Waals surface area contributed by atoms with E-state index in [1.54, 1.807) is 0 Å². The van der Waals surface area contributed by atoms with Crippen molar-refractivity contribution in [3.63, 3.8) is 0 Å². The molecule has 46 heavy (non-hydrogen) atoms. The third-order valence-electron chi connectivity index (χ3n) is 11.0. The molecule has 0 fully saturated rings. The third-order valence-corrected chi connectivity index (χ3v) is 12.2. The topological polar surface area (TPSA) is 30.7 Å². The molecule has 1 aliphatic carbocycles. The lowest BCUT2D eigenvalue weighted by atomic mass is 9.60. The summed E-state index contributed by atoms with van der Waals surface area (Å²) in [6.07, 6.45) is 0. The zero-order valence-corrected chi connectivity index (χ0v) is 28.1. The number of nitrogens with zero attached hydrogens (tertiary/aromatic N) is 3. The van der Waals surface area contributed by atoms with Crippen LogP contribution >= 0.6 is 11.3 Å². The van der Waals surface area contributed by atoms with Crippen LogP contribution in [0.25, 0.3) is 70.4 Å². The molecule has 3 nitrogen and oxygen atoms in total. The largest absolute Gasteiger partial charge is 0.276 e. The van der Waals surface area contributed by atoms with Crippen molar-refractivity contribution in [1.82, 2.24) is 14.5 Å². The van der Waals surface area contributed by atoms with Crippen LogP contribution in [0.2, 0.25) is 0 Å². The standard InChI is InChI=1S/C37H30B5N3S/c1-37(2)22-12-6-3-10-19(22)34-26(37)21-16-15-18-17-9-5-8-14-24(17)45(33(18)35(21)46-34)36-43-23-13-7-4-11-20(23)32(44-36)25-27(38)29(40)31(42)30(41)28(25)39/h3-16H,38-42H2,1-2H3. The van der Waals surface area contributed by atoms with Crippen molar-refractivity contribution in [2.24, 2.45) is 0 Å². The van der Waals surface area contributed by atoms with E-state index in [1.165, 1.54) is 80.8 Å². The maximum Gasteiger partial charge on any atom is 0.235 e. The zero-order valence-electron chi connectivity index (χ0n) is 27.3. The Balaban J connectivity index is 1.44. The van der Waals surface area contributed by atoms with Gasteiger partial charge in [-0.25, -0.2) is 9.97 Å². The SMILES string of the molecule is Bc1c(B)c(B)c(-c2nc(-n3c4ccccc4c4ccc5c6c(sc5c43)-c3ccccc3C6(C)C)nc3ccccc23)c(B)c1B. The first kappa shape index (κ1) is 27.8. The summed E-state index contributed by atoms with van der Waals surface area (Å²) in [4.78, 5) is 12.2. The van der Waals surface area contributed by atoms with Crippen LogP contribution in [0.3, 0.4) is 0 Å². The average molecular weight is 603 g/mol. The molecule has 3 aromatic heterocycles. The van der Waals surface area contributed by atoms with Gasteiger partial charge in [-0.15, -0.1) is 27.7 Å². The van der Waals surface area contributed by atoms with Gasteiger partial charge in [0.15, 0.2) is 0 Å². The van der Waals surface area contributed by atoms with Gasteiger partial charge >= 0.3 is 0 Å². The molecule has 1 aliphatic rings. The highest BCUT2D eigenvalue weighted by atomic mass is 32.1. The first-order chi connectivity index (χ1) is 22.2. The first-order valence-electron chi connectivity index (χ1n) is 16.1. The Morgan fingerprint density at radius 3 is 2.04 bits per heavy atom. The third kappa shape index (κ3) is 3.50. The zero-order chi connectivity index (χ0) is 31.6. The van der Waals surface area contributed by atoms with E-state index in [9.17, 15) is 0 Å². The van der Waals surface area contributed by atoms with E-state index in [-0.39, 0.29) is 5.41 Å². The molecule has 9 rings (SSSR count). The average Bonchev–Trinajstić information content (AvgIpc) is 3.69. The molecule has 8 aromatic rings. The van der Waals surface area contributed by atoms with Gasteiger partial charge in [-0.3, -0.25) is 4.57 Å². The van der Waals surface area contributed by atoms with Gasteiger partial charge in [-0.1, -0.05) is 97.6 Å². The number of rotatable bonds is 2. The van der Waals surface area contributed by atoms with Crippen molar-refractivity contribution in [3.8, 4) is 27.6 Å². The monoisotopic (exact) mass is 603 g/mol. The van der Waals surface area contributed by atoms with Crippen LogP contribution in [0.15, 0.2) is 84.9 Å². The predicted octanol–water partition coefficient (Wildman–Crippen LogP) is 1.21. The summed E-state index contributed by atoms with van der Waals surface area (Å²) in [5, 5.41) is 4.87. The van der Waals surface area contributed by atoms with Gasteiger partial charge in [0.25, 0.3) is 0 Å². The van der Waals surface area contributed by atoms with E-state index in [0.717, 1.165) is 28.1 Å². The molecule has 0 radical (unpaired) electrons. The maximum atomic E-state index is 5.54. The Morgan fingerprint density at radius 1 is 0.630 bits per heavy atom. The van der Waals surface area contributed by atoms with Crippen molar-refractivity contribution in [3.05, 3.63) is 96.1 Å². The quantitative estimate of drug-likeness (QED) is 0.279. The van der Waals surface area contributed by atoms with Gasteiger partial charge in [-0.05, 0) is 39.8 Å². The summed E-state index contributed by atoms with van der Waals surface area (Å²) < 4.78 is 3.64. The van der Waals surface area contributed by atoms with Crippen LogP contribution in [0, 0.1) is 0 Å². The molecule has 3 heterocycles. The van der Waals surface area contributed by atoms with Crippen LogP contribution < -0.4 is 27.3 Å². The van der Waals surface area contributed by atoms with Crippen LogP contribution in [-0.2, 0) is 5.41 Å². The van der Waals surface area contributed by atoms with Crippen molar-refractivity contribution in [2.75, 3.05) is 0 Å². The fraction of sp³-hybridized carbons (Fsp3) is 0.0811. The number of para-hydroxylation sites is 2. The lowest BCUT2D eigenvalue weighted by Gasteiger charge is -2.22. The minimum atomic E-state index is -0.0719. The van der Waals surface area contributed by atoms with Crippen molar-refractivity contribution < 1.29 is 0 Å². The summed E-state index contributed by atoms with van der Waals surface area (Å²) >= 11 is 1.92. The van der Waals surface area contributed by atoms with Gasteiger partial charge in [0.2, 0.25) is 5.95 Å². The predicted molar refractivity (Wildman–Crippen MR) is 213 cm³/mol. The molecule has 0 spiro atoms. The summed E-state index contributed by atoms with van der Waals surface area (Å²) in [7, 11) is 11.2. The lowest BCUT2D eigenvalue weighted by Crippen LogP contribution is -2.55. The van der Waals surface area contributed by atoms with E-state index in [0.29, 0.717) is 0 Å². The summed E-state index contributed by atoms with van der Waals surface area (Å²) in [6, 6.07) is 30.8. The van der Waals surface area contributed by atoms with Crippen LogP contribution in [0.4, 0.5) is 0 Å². The van der Waals surface area contributed by atoms with Gasteiger partial charge in [0, 0.05) is 26.5 Å². The Kier molecular flexibility index (Phi) is 5.76. The summed E-state index contributed by atoms with van der Waals surface area (Å²) in [6.45, 7) is 4.75. The maximum absolute atomic E-state index is 5.54. The van der Waals surface area contributed by atoms with Crippen LogP contribution in [-0.4, -0.2) is 53.8 Å². The van der Waals surface area contributed by atoms with E-state index in [4.69, 9.17) is 9.97 Å².